The van der Waals surface area contributed by atoms with Crippen LogP contribution in [0.15, 0.2) is 48.4 Å². The molecule has 5 nitrogen and oxygen atoms in total. The highest BCUT2D eigenvalue weighted by Gasteiger charge is 2.11. The van der Waals surface area contributed by atoms with E-state index in [0.717, 1.165) is 32.9 Å². The van der Waals surface area contributed by atoms with E-state index in [-0.39, 0.29) is 0 Å². The fourth-order valence-corrected chi connectivity index (χ4v) is 2.68. The molecule has 0 radical (unpaired) electrons. The molecule has 0 aliphatic rings. The minimum atomic E-state index is 0.841. The summed E-state index contributed by atoms with van der Waals surface area (Å²) in [6.07, 6.45) is 5.38. The van der Waals surface area contributed by atoms with Gasteiger partial charge in [-0.1, -0.05) is 6.07 Å². The molecular weight excluding hydrogens is 270 g/mol. The summed E-state index contributed by atoms with van der Waals surface area (Å²) in [5.41, 5.74) is 5.29. The van der Waals surface area contributed by atoms with Gasteiger partial charge in [0, 0.05) is 17.8 Å². The van der Waals surface area contributed by atoms with Gasteiger partial charge in [0.2, 0.25) is 0 Å². The molecule has 0 aromatic carbocycles. The molecule has 96 valence electrons. The minimum Gasteiger partial charge on any atom is -0.276 e. The third-order valence-electron chi connectivity index (χ3n) is 3.04. The maximum atomic E-state index is 4.44. The van der Waals surface area contributed by atoms with Crippen LogP contribution in [0.2, 0.25) is 0 Å². The van der Waals surface area contributed by atoms with Gasteiger partial charge in [0.25, 0.3) is 0 Å². The highest BCUT2D eigenvalue weighted by molar-refractivity contribution is 7.13. The van der Waals surface area contributed by atoms with E-state index in [1.807, 2.05) is 30.5 Å². The Kier molecular flexibility index (Phi) is 2.53. The van der Waals surface area contributed by atoms with Crippen molar-refractivity contribution in [3.8, 4) is 22.0 Å². The molecule has 0 spiro atoms. The van der Waals surface area contributed by atoms with Crippen LogP contribution in [0.1, 0.15) is 0 Å². The summed E-state index contributed by atoms with van der Waals surface area (Å²) in [5, 5.41) is 8.36. The lowest BCUT2D eigenvalue weighted by Crippen LogP contribution is -1.84. The van der Waals surface area contributed by atoms with Crippen LogP contribution in [0.25, 0.3) is 32.9 Å². The minimum absolute atomic E-state index is 0.841. The zero-order chi connectivity index (χ0) is 13.4. The van der Waals surface area contributed by atoms with E-state index in [0.29, 0.717) is 0 Å². The molecule has 0 aliphatic heterocycles. The molecule has 0 atom stereocenters. The number of thiazole rings is 1. The van der Waals surface area contributed by atoms with E-state index >= 15 is 0 Å². The Hall–Kier alpha value is -2.60. The first-order valence-corrected chi connectivity index (χ1v) is 6.94. The predicted molar refractivity (Wildman–Crippen MR) is 78.2 cm³/mol. The maximum Gasteiger partial charge on any atom is 0.118 e. The summed E-state index contributed by atoms with van der Waals surface area (Å²) in [7, 11) is 0. The van der Waals surface area contributed by atoms with Gasteiger partial charge in [0.05, 0.1) is 33.5 Å². The summed E-state index contributed by atoms with van der Waals surface area (Å²) in [4.78, 5) is 13.9. The number of fused-ring (bicyclic) bond motifs is 1. The number of H-pyrrole nitrogens is 1. The topological polar surface area (TPSA) is 67.3 Å². The molecule has 0 saturated heterocycles. The van der Waals surface area contributed by atoms with Crippen molar-refractivity contribution in [2.75, 3.05) is 0 Å². The molecule has 0 bridgehead atoms. The molecule has 4 rings (SSSR count). The molecule has 4 heterocycles. The van der Waals surface area contributed by atoms with E-state index < -0.39 is 0 Å². The second-order valence-electron chi connectivity index (χ2n) is 4.27. The van der Waals surface area contributed by atoms with Crippen molar-refractivity contribution < 1.29 is 0 Å². The van der Waals surface area contributed by atoms with Crippen LogP contribution in [-0.4, -0.2) is 25.1 Å². The van der Waals surface area contributed by atoms with E-state index in [2.05, 4.69) is 25.1 Å². The smallest absolute Gasteiger partial charge is 0.118 e. The summed E-state index contributed by atoms with van der Waals surface area (Å²) in [6.45, 7) is 0. The van der Waals surface area contributed by atoms with Gasteiger partial charge in [-0.15, -0.1) is 11.3 Å². The molecule has 6 heteroatoms. The number of nitrogens with zero attached hydrogens (tertiary/aromatic N) is 4. The number of hydrogen-bond acceptors (Lipinski definition) is 5. The van der Waals surface area contributed by atoms with Gasteiger partial charge in [-0.3, -0.25) is 20.1 Å². The standard InChI is InChI=1S/C14H9N5S/c1-2-4-16-10(3-1)14-9-5-11(13-7-15-8-20-13)17-6-12(9)18-19-14/h1-8H,(H,18,19). The fraction of sp³-hybridized carbons (Fsp3) is 0. The predicted octanol–water partition coefficient (Wildman–Crippen LogP) is 3.14. The van der Waals surface area contributed by atoms with Crippen molar-refractivity contribution in [3.63, 3.8) is 0 Å². The summed E-state index contributed by atoms with van der Waals surface area (Å²) < 4.78 is 0. The number of aromatic nitrogens is 5. The van der Waals surface area contributed by atoms with Crippen LogP contribution in [0.5, 0.6) is 0 Å². The number of aromatic amines is 1. The molecule has 4 aromatic rings. The lowest BCUT2D eigenvalue weighted by Gasteiger charge is -1.98. The second-order valence-corrected chi connectivity index (χ2v) is 5.15. The van der Waals surface area contributed by atoms with E-state index in [1.165, 1.54) is 0 Å². The van der Waals surface area contributed by atoms with E-state index in [1.54, 1.807) is 29.2 Å². The van der Waals surface area contributed by atoms with Crippen molar-refractivity contribution in [2.45, 2.75) is 0 Å². The molecule has 1 N–H and O–H groups in total. The summed E-state index contributed by atoms with van der Waals surface area (Å²) in [5.74, 6) is 0. The van der Waals surface area contributed by atoms with Crippen LogP contribution in [0, 0.1) is 0 Å². The number of rotatable bonds is 2. The molecule has 0 fully saturated rings. The zero-order valence-corrected chi connectivity index (χ0v) is 11.1. The molecule has 20 heavy (non-hydrogen) atoms. The largest absolute Gasteiger partial charge is 0.276 e. The van der Waals surface area contributed by atoms with Gasteiger partial charge in [-0.2, -0.15) is 5.10 Å². The Bertz CT molecular complexity index is 852. The van der Waals surface area contributed by atoms with Crippen LogP contribution in [0.3, 0.4) is 0 Å². The second kappa shape index (κ2) is 4.50. The Balaban J connectivity index is 1.93. The molecule has 0 amide bonds. The normalized spacial score (nSPS) is 11.0. The van der Waals surface area contributed by atoms with Crippen LogP contribution in [-0.2, 0) is 0 Å². The lowest BCUT2D eigenvalue weighted by molar-refractivity contribution is 1.11. The van der Waals surface area contributed by atoms with Gasteiger partial charge in [0.15, 0.2) is 0 Å². The Morgan fingerprint density at radius 3 is 2.85 bits per heavy atom. The number of nitrogens with one attached hydrogen (secondary N) is 1. The van der Waals surface area contributed by atoms with Gasteiger partial charge in [0.1, 0.15) is 5.69 Å². The number of pyridine rings is 2. The van der Waals surface area contributed by atoms with Gasteiger partial charge < -0.3 is 0 Å². The van der Waals surface area contributed by atoms with E-state index in [4.69, 9.17) is 0 Å². The van der Waals surface area contributed by atoms with Crippen LogP contribution >= 0.6 is 11.3 Å². The molecule has 0 unspecified atom stereocenters. The van der Waals surface area contributed by atoms with Crippen molar-refractivity contribution in [3.05, 3.63) is 48.4 Å². The average Bonchev–Trinajstić information content (AvgIpc) is 3.17. The highest BCUT2D eigenvalue weighted by Crippen LogP contribution is 2.29. The van der Waals surface area contributed by atoms with Crippen molar-refractivity contribution in [1.82, 2.24) is 25.1 Å². The van der Waals surface area contributed by atoms with Gasteiger partial charge in [-0.25, -0.2) is 0 Å². The molecule has 0 saturated carbocycles. The third kappa shape index (κ3) is 1.78. The van der Waals surface area contributed by atoms with Gasteiger partial charge >= 0.3 is 0 Å². The third-order valence-corrected chi connectivity index (χ3v) is 3.84. The quantitative estimate of drug-likeness (QED) is 0.612. The Morgan fingerprint density at radius 2 is 2.05 bits per heavy atom. The van der Waals surface area contributed by atoms with Crippen molar-refractivity contribution >= 4 is 22.2 Å². The van der Waals surface area contributed by atoms with E-state index in [9.17, 15) is 0 Å². The van der Waals surface area contributed by atoms with Crippen LogP contribution < -0.4 is 0 Å². The molecule has 4 aromatic heterocycles. The zero-order valence-electron chi connectivity index (χ0n) is 10.3. The van der Waals surface area contributed by atoms with Crippen molar-refractivity contribution in [2.24, 2.45) is 0 Å². The number of hydrogen-bond donors (Lipinski definition) is 1. The van der Waals surface area contributed by atoms with Crippen LogP contribution in [0.4, 0.5) is 0 Å². The Morgan fingerprint density at radius 1 is 1.05 bits per heavy atom. The fourth-order valence-electron chi connectivity index (χ4n) is 2.09. The highest BCUT2D eigenvalue weighted by atomic mass is 32.1. The first-order chi connectivity index (χ1) is 9.92. The Labute approximate surface area is 118 Å². The molecule has 0 aliphatic carbocycles. The lowest BCUT2D eigenvalue weighted by atomic mass is 10.1. The molecular formula is C14H9N5S. The van der Waals surface area contributed by atoms with Crippen molar-refractivity contribution in [1.29, 1.82) is 0 Å². The monoisotopic (exact) mass is 279 g/mol. The van der Waals surface area contributed by atoms with Gasteiger partial charge in [-0.05, 0) is 18.2 Å². The maximum absolute atomic E-state index is 4.44. The SMILES string of the molecule is c1ccc(-c2n[nH]c3cnc(-c4cncs4)cc23)nc1. The average molecular weight is 279 g/mol. The first-order valence-electron chi connectivity index (χ1n) is 6.06. The first kappa shape index (κ1) is 11.2. The summed E-state index contributed by atoms with van der Waals surface area (Å²) in [6, 6.07) is 7.82. The summed E-state index contributed by atoms with van der Waals surface area (Å²) >= 11 is 1.57.